The number of aromatic amines is 2. The number of aryl methyl sites for hydroxylation is 3. The van der Waals surface area contributed by atoms with E-state index in [2.05, 4.69) is 15.3 Å². The Bertz CT molecular complexity index is 1300. The smallest absolute Gasteiger partial charge is 0.253 e. The first kappa shape index (κ1) is 18.0. The summed E-state index contributed by atoms with van der Waals surface area (Å²) in [6, 6.07) is 10.0. The van der Waals surface area contributed by atoms with Crippen LogP contribution in [0.15, 0.2) is 41.2 Å². The second kappa shape index (κ2) is 6.64. The SMILES string of the molecule is Cc1cc2cc(CNC(=O)c3c(C)[nH]c4ccc(F)cc34)c(=O)[nH]c2cc1C. The van der Waals surface area contributed by atoms with Crippen LogP contribution in [0.3, 0.4) is 0 Å². The Balaban J connectivity index is 1.64. The zero-order chi connectivity index (χ0) is 20.0. The number of carbonyl (C=O) groups is 1. The first-order chi connectivity index (χ1) is 13.3. The molecular formula is C22H20FN3O2. The third-order valence-electron chi connectivity index (χ3n) is 5.15. The summed E-state index contributed by atoms with van der Waals surface area (Å²) in [5.41, 5.74) is 4.96. The minimum atomic E-state index is -0.405. The average molecular weight is 377 g/mol. The van der Waals surface area contributed by atoms with Crippen molar-refractivity contribution in [2.24, 2.45) is 0 Å². The maximum absolute atomic E-state index is 13.6. The molecule has 0 aliphatic heterocycles. The average Bonchev–Trinajstić information content (AvgIpc) is 2.96. The van der Waals surface area contributed by atoms with Gasteiger partial charge in [0, 0.05) is 34.2 Å². The lowest BCUT2D eigenvalue weighted by Crippen LogP contribution is -2.27. The number of hydrogen-bond acceptors (Lipinski definition) is 2. The lowest BCUT2D eigenvalue weighted by atomic mass is 10.0. The van der Waals surface area contributed by atoms with Crippen molar-refractivity contribution in [3.8, 4) is 0 Å². The highest BCUT2D eigenvalue weighted by atomic mass is 19.1. The van der Waals surface area contributed by atoms with Crippen molar-refractivity contribution >= 4 is 27.7 Å². The molecule has 0 aliphatic carbocycles. The van der Waals surface area contributed by atoms with Gasteiger partial charge in [0.15, 0.2) is 0 Å². The number of aromatic nitrogens is 2. The van der Waals surface area contributed by atoms with Crippen LogP contribution in [0.4, 0.5) is 4.39 Å². The van der Waals surface area contributed by atoms with Gasteiger partial charge in [0.05, 0.1) is 5.56 Å². The van der Waals surface area contributed by atoms with E-state index in [1.165, 1.54) is 12.1 Å². The highest BCUT2D eigenvalue weighted by Gasteiger charge is 2.17. The van der Waals surface area contributed by atoms with E-state index in [1.54, 1.807) is 19.1 Å². The third-order valence-corrected chi connectivity index (χ3v) is 5.15. The van der Waals surface area contributed by atoms with Crippen molar-refractivity contribution in [2.45, 2.75) is 27.3 Å². The molecule has 4 rings (SSSR count). The molecule has 5 nitrogen and oxygen atoms in total. The van der Waals surface area contributed by atoms with Crippen LogP contribution in [0, 0.1) is 26.6 Å². The molecule has 142 valence electrons. The number of fused-ring (bicyclic) bond motifs is 2. The number of amides is 1. The molecule has 2 heterocycles. The lowest BCUT2D eigenvalue weighted by Gasteiger charge is -2.08. The maximum atomic E-state index is 13.6. The first-order valence-electron chi connectivity index (χ1n) is 9.02. The summed E-state index contributed by atoms with van der Waals surface area (Å²) in [5, 5.41) is 4.22. The molecule has 4 aromatic rings. The number of carbonyl (C=O) groups excluding carboxylic acids is 1. The van der Waals surface area contributed by atoms with E-state index in [9.17, 15) is 14.0 Å². The Hall–Kier alpha value is -3.41. The normalized spacial score (nSPS) is 11.3. The number of pyridine rings is 1. The van der Waals surface area contributed by atoms with E-state index in [4.69, 9.17) is 0 Å². The van der Waals surface area contributed by atoms with Gasteiger partial charge in [0.2, 0.25) is 0 Å². The predicted octanol–water partition coefficient (Wildman–Crippen LogP) is 4.00. The van der Waals surface area contributed by atoms with E-state index in [-0.39, 0.29) is 18.0 Å². The quantitative estimate of drug-likeness (QED) is 0.505. The minimum Gasteiger partial charge on any atom is -0.358 e. The first-order valence-corrected chi connectivity index (χ1v) is 9.02. The summed E-state index contributed by atoms with van der Waals surface area (Å²) < 4.78 is 13.6. The summed E-state index contributed by atoms with van der Waals surface area (Å²) in [6.45, 7) is 5.85. The van der Waals surface area contributed by atoms with Gasteiger partial charge in [-0.15, -0.1) is 0 Å². The van der Waals surface area contributed by atoms with Crippen LogP contribution >= 0.6 is 0 Å². The topological polar surface area (TPSA) is 77.8 Å². The second-order valence-corrected chi connectivity index (χ2v) is 7.15. The Morgan fingerprint density at radius 3 is 2.54 bits per heavy atom. The molecule has 28 heavy (non-hydrogen) atoms. The van der Waals surface area contributed by atoms with E-state index in [0.29, 0.717) is 27.7 Å². The van der Waals surface area contributed by atoms with Crippen molar-refractivity contribution in [3.63, 3.8) is 0 Å². The van der Waals surface area contributed by atoms with E-state index in [0.717, 1.165) is 22.0 Å². The van der Waals surface area contributed by atoms with Crippen LogP contribution in [0.5, 0.6) is 0 Å². The van der Waals surface area contributed by atoms with Crippen molar-refractivity contribution in [2.75, 3.05) is 0 Å². The van der Waals surface area contributed by atoms with Crippen molar-refractivity contribution in [1.29, 1.82) is 0 Å². The zero-order valence-corrected chi connectivity index (χ0v) is 15.9. The van der Waals surface area contributed by atoms with E-state index >= 15 is 0 Å². The van der Waals surface area contributed by atoms with Gasteiger partial charge >= 0.3 is 0 Å². The zero-order valence-electron chi connectivity index (χ0n) is 15.9. The van der Waals surface area contributed by atoms with Gasteiger partial charge in [-0.2, -0.15) is 0 Å². The summed E-state index contributed by atoms with van der Waals surface area (Å²) in [5.74, 6) is -0.758. The van der Waals surface area contributed by atoms with Crippen LogP contribution in [-0.2, 0) is 6.54 Å². The summed E-state index contributed by atoms with van der Waals surface area (Å²) in [6.07, 6.45) is 0. The van der Waals surface area contributed by atoms with Crippen LogP contribution in [0.1, 0.15) is 32.7 Å². The van der Waals surface area contributed by atoms with Crippen LogP contribution in [0.25, 0.3) is 21.8 Å². The molecular weight excluding hydrogens is 357 g/mol. The molecule has 0 unspecified atom stereocenters. The largest absolute Gasteiger partial charge is 0.358 e. The predicted molar refractivity (Wildman–Crippen MR) is 108 cm³/mol. The summed E-state index contributed by atoms with van der Waals surface area (Å²) in [4.78, 5) is 31.1. The van der Waals surface area contributed by atoms with Gasteiger partial charge in [0.1, 0.15) is 5.82 Å². The number of hydrogen-bond donors (Lipinski definition) is 3. The van der Waals surface area contributed by atoms with Gasteiger partial charge in [-0.25, -0.2) is 4.39 Å². The highest BCUT2D eigenvalue weighted by molar-refractivity contribution is 6.08. The number of nitrogens with one attached hydrogen (secondary N) is 3. The molecule has 0 spiro atoms. The van der Waals surface area contributed by atoms with Crippen LogP contribution in [-0.4, -0.2) is 15.9 Å². The molecule has 0 bridgehead atoms. The number of benzene rings is 2. The van der Waals surface area contributed by atoms with E-state index < -0.39 is 5.82 Å². The fourth-order valence-electron chi connectivity index (χ4n) is 3.51. The summed E-state index contributed by atoms with van der Waals surface area (Å²) in [7, 11) is 0. The molecule has 0 saturated carbocycles. The van der Waals surface area contributed by atoms with Gasteiger partial charge in [-0.3, -0.25) is 9.59 Å². The second-order valence-electron chi connectivity index (χ2n) is 7.15. The molecule has 0 saturated heterocycles. The Labute approximate surface area is 160 Å². The van der Waals surface area contributed by atoms with Crippen molar-refractivity contribution in [1.82, 2.24) is 15.3 Å². The molecule has 0 radical (unpaired) electrons. The van der Waals surface area contributed by atoms with Gasteiger partial charge in [0.25, 0.3) is 11.5 Å². The van der Waals surface area contributed by atoms with E-state index in [1.807, 2.05) is 26.0 Å². The fraction of sp³-hybridized carbons (Fsp3) is 0.182. The number of H-pyrrole nitrogens is 2. The number of halogens is 1. The molecule has 3 N–H and O–H groups in total. The molecule has 1 amide bonds. The van der Waals surface area contributed by atoms with Crippen molar-refractivity contribution < 1.29 is 9.18 Å². The van der Waals surface area contributed by atoms with Crippen LogP contribution in [0.2, 0.25) is 0 Å². The lowest BCUT2D eigenvalue weighted by molar-refractivity contribution is 0.0952. The Kier molecular flexibility index (Phi) is 4.26. The van der Waals surface area contributed by atoms with Gasteiger partial charge in [-0.1, -0.05) is 0 Å². The standard InChI is InChI=1S/C22H20FN3O2/c1-11-6-14-8-15(21(27)26-19(14)7-12(11)2)10-24-22(28)20-13(3)25-18-5-4-16(23)9-17(18)20/h4-9,25H,10H2,1-3H3,(H,24,28)(H,26,27). The maximum Gasteiger partial charge on any atom is 0.253 e. The van der Waals surface area contributed by atoms with Crippen LogP contribution < -0.4 is 10.9 Å². The van der Waals surface area contributed by atoms with Crippen molar-refractivity contribution in [3.05, 3.63) is 80.5 Å². The Morgan fingerprint density at radius 2 is 1.75 bits per heavy atom. The minimum absolute atomic E-state index is 0.0818. The molecule has 0 fully saturated rings. The molecule has 6 heteroatoms. The van der Waals surface area contributed by atoms with Gasteiger partial charge < -0.3 is 15.3 Å². The van der Waals surface area contributed by atoms with Gasteiger partial charge in [-0.05, 0) is 73.7 Å². The Morgan fingerprint density at radius 1 is 1.00 bits per heavy atom. The molecule has 2 aromatic carbocycles. The number of rotatable bonds is 3. The molecule has 0 atom stereocenters. The molecule has 0 aliphatic rings. The molecule has 2 aromatic heterocycles. The fourth-order valence-corrected chi connectivity index (χ4v) is 3.51. The monoisotopic (exact) mass is 377 g/mol. The third kappa shape index (κ3) is 3.07. The highest BCUT2D eigenvalue weighted by Crippen LogP contribution is 2.23. The summed E-state index contributed by atoms with van der Waals surface area (Å²) >= 11 is 0.